The van der Waals surface area contributed by atoms with Crippen molar-refractivity contribution in [2.75, 3.05) is 4.90 Å². The number of hydrogen-bond acceptors (Lipinski definition) is 4. The minimum Gasteiger partial charge on any atom is -0.348 e. The number of aryl methyl sites for hydroxylation is 1. The largest absolute Gasteiger partial charge is 0.348 e. The maximum Gasteiger partial charge on any atom is 0.272 e. The lowest BCUT2D eigenvalue weighted by Crippen LogP contribution is -2.23. The van der Waals surface area contributed by atoms with Gasteiger partial charge in [0.2, 0.25) is 0 Å². The number of hydrogen-bond donors (Lipinski definition) is 2. The van der Waals surface area contributed by atoms with E-state index in [2.05, 4.69) is 20.3 Å². The van der Waals surface area contributed by atoms with Gasteiger partial charge in [-0.2, -0.15) is 5.10 Å². The first-order valence-corrected chi connectivity index (χ1v) is 13.6. The maximum absolute atomic E-state index is 13.8. The van der Waals surface area contributed by atoms with Gasteiger partial charge in [0.1, 0.15) is 11.3 Å². The summed E-state index contributed by atoms with van der Waals surface area (Å²) < 4.78 is 17.5. The average molecular weight is 559 g/mol. The van der Waals surface area contributed by atoms with E-state index in [1.807, 2.05) is 71.2 Å². The van der Waals surface area contributed by atoms with Crippen LogP contribution in [0.2, 0.25) is 0 Å². The Bertz CT molecular complexity index is 2010. The highest BCUT2D eigenvalue weighted by molar-refractivity contribution is 6.05. The first-order valence-electron chi connectivity index (χ1n) is 13.6. The van der Waals surface area contributed by atoms with Crippen molar-refractivity contribution in [3.8, 4) is 11.1 Å². The molecule has 9 heteroatoms. The van der Waals surface area contributed by atoms with E-state index in [-0.39, 0.29) is 17.3 Å². The summed E-state index contributed by atoms with van der Waals surface area (Å²) in [5.74, 6) is -0.536. The van der Waals surface area contributed by atoms with E-state index in [0.29, 0.717) is 30.7 Å². The number of carbonyl (C=O) groups is 1. The third-order valence-electron chi connectivity index (χ3n) is 7.73. The molecule has 1 amide bonds. The van der Waals surface area contributed by atoms with Crippen molar-refractivity contribution >= 4 is 28.2 Å². The number of aromatic nitrogens is 4. The monoisotopic (exact) mass is 558 g/mol. The van der Waals surface area contributed by atoms with Crippen molar-refractivity contribution in [3.05, 3.63) is 136 Å². The second-order valence-corrected chi connectivity index (χ2v) is 10.5. The molecule has 0 saturated heterocycles. The maximum atomic E-state index is 13.8. The number of nitrogens with zero attached hydrogens (tertiary/aromatic N) is 4. The van der Waals surface area contributed by atoms with Crippen LogP contribution in [0.4, 0.5) is 15.8 Å². The highest BCUT2D eigenvalue weighted by Gasteiger charge is 2.26. The topological polar surface area (TPSA) is 87.9 Å². The fraction of sp³-hybridized carbons (Fsp3) is 0.121. The zero-order chi connectivity index (χ0) is 28.8. The van der Waals surface area contributed by atoms with Crippen molar-refractivity contribution in [2.45, 2.75) is 19.6 Å². The molecule has 2 N–H and O–H groups in total. The quantitative estimate of drug-likeness (QED) is 0.283. The van der Waals surface area contributed by atoms with Crippen molar-refractivity contribution in [2.24, 2.45) is 7.05 Å². The van der Waals surface area contributed by atoms with Crippen LogP contribution in [0.5, 0.6) is 0 Å². The number of pyridine rings is 1. The second-order valence-electron chi connectivity index (χ2n) is 10.5. The van der Waals surface area contributed by atoms with Gasteiger partial charge in [0.05, 0.1) is 19.3 Å². The molecule has 1 aliphatic rings. The van der Waals surface area contributed by atoms with Crippen molar-refractivity contribution in [1.82, 2.24) is 24.6 Å². The first-order chi connectivity index (χ1) is 20.4. The second kappa shape index (κ2) is 10.2. The van der Waals surface area contributed by atoms with Crippen LogP contribution in [-0.4, -0.2) is 25.2 Å². The number of H-pyrrole nitrogens is 1. The van der Waals surface area contributed by atoms with Gasteiger partial charge in [-0.25, -0.2) is 4.39 Å². The van der Waals surface area contributed by atoms with Gasteiger partial charge < -0.3 is 19.8 Å². The van der Waals surface area contributed by atoms with Crippen molar-refractivity contribution in [3.63, 3.8) is 0 Å². The van der Waals surface area contributed by atoms with Crippen LogP contribution in [0, 0.1) is 5.82 Å². The molecular formula is C33H27FN6O2. The zero-order valence-electron chi connectivity index (χ0n) is 22.8. The number of anilines is 2. The summed E-state index contributed by atoms with van der Waals surface area (Å²) in [7, 11) is 1.85. The highest BCUT2D eigenvalue weighted by Crippen LogP contribution is 2.44. The van der Waals surface area contributed by atoms with Gasteiger partial charge in [-0.05, 0) is 53.6 Å². The van der Waals surface area contributed by atoms with E-state index < -0.39 is 0 Å². The minimum atomic E-state index is -0.318. The molecule has 1 aliphatic heterocycles. The molecule has 0 radical (unpaired) electrons. The smallest absolute Gasteiger partial charge is 0.272 e. The van der Waals surface area contributed by atoms with Gasteiger partial charge in [0.15, 0.2) is 0 Å². The molecule has 6 aromatic rings. The van der Waals surface area contributed by atoms with Gasteiger partial charge >= 0.3 is 0 Å². The molecule has 0 bridgehead atoms. The number of fused-ring (bicyclic) bond motifs is 2. The zero-order valence-corrected chi connectivity index (χ0v) is 22.8. The number of carbonyl (C=O) groups excluding carboxylic acids is 1. The van der Waals surface area contributed by atoms with Crippen molar-refractivity contribution in [1.29, 1.82) is 0 Å². The van der Waals surface area contributed by atoms with E-state index >= 15 is 0 Å². The predicted molar refractivity (Wildman–Crippen MR) is 160 cm³/mol. The fourth-order valence-corrected chi connectivity index (χ4v) is 5.72. The number of nitrogens with one attached hydrogen (secondary N) is 2. The van der Waals surface area contributed by atoms with Crippen LogP contribution >= 0.6 is 0 Å². The molecule has 0 atom stereocenters. The van der Waals surface area contributed by atoms with Crippen LogP contribution in [0.1, 0.15) is 27.0 Å². The van der Waals surface area contributed by atoms with Gasteiger partial charge in [-0.3, -0.25) is 14.3 Å². The van der Waals surface area contributed by atoms with Crippen LogP contribution in [0.25, 0.3) is 22.0 Å². The van der Waals surface area contributed by atoms with Gasteiger partial charge in [0, 0.05) is 71.2 Å². The van der Waals surface area contributed by atoms with Crippen LogP contribution in [0.3, 0.4) is 0 Å². The predicted octanol–water partition coefficient (Wildman–Crippen LogP) is 5.50. The Labute approximate surface area is 240 Å². The first kappa shape index (κ1) is 25.5. The van der Waals surface area contributed by atoms with Gasteiger partial charge in [-0.1, -0.05) is 30.3 Å². The molecule has 3 aromatic carbocycles. The van der Waals surface area contributed by atoms with Gasteiger partial charge in [0.25, 0.3) is 11.5 Å². The minimum absolute atomic E-state index is 0.180. The van der Waals surface area contributed by atoms with E-state index in [9.17, 15) is 14.0 Å². The van der Waals surface area contributed by atoms with Crippen LogP contribution in [0.15, 0.2) is 102 Å². The van der Waals surface area contributed by atoms with E-state index in [1.165, 1.54) is 12.1 Å². The Kier molecular flexibility index (Phi) is 6.19. The molecule has 3 aromatic heterocycles. The SMILES string of the molecule is Cn1cc2c3c(c[nH]c(=O)c31)CN(c1ccc(F)cc1)c1ccc(C(=O)NCc3cnn(Cc4ccccc4)c3)cc1-2. The number of rotatable bonds is 6. The highest BCUT2D eigenvalue weighted by atomic mass is 19.1. The summed E-state index contributed by atoms with van der Waals surface area (Å²) in [6.07, 6.45) is 7.36. The summed E-state index contributed by atoms with van der Waals surface area (Å²) in [5.41, 5.74) is 7.20. The van der Waals surface area contributed by atoms with Crippen LogP contribution < -0.4 is 15.8 Å². The lowest BCUT2D eigenvalue weighted by Gasteiger charge is -2.26. The summed E-state index contributed by atoms with van der Waals surface area (Å²) in [6.45, 7) is 1.45. The Morgan fingerprint density at radius 3 is 2.62 bits per heavy atom. The Balaban J connectivity index is 1.22. The molecular weight excluding hydrogens is 531 g/mol. The number of benzene rings is 3. The molecule has 0 fully saturated rings. The summed E-state index contributed by atoms with van der Waals surface area (Å²) in [4.78, 5) is 31.1. The summed E-state index contributed by atoms with van der Waals surface area (Å²) in [6, 6.07) is 22.0. The molecule has 42 heavy (non-hydrogen) atoms. The third-order valence-corrected chi connectivity index (χ3v) is 7.73. The molecule has 208 valence electrons. The molecule has 0 spiro atoms. The summed E-state index contributed by atoms with van der Waals surface area (Å²) >= 11 is 0. The molecule has 0 saturated carbocycles. The lowest BCUT2D eigenvalue weighted by atomic mass is 9.99. The molecule has 7 rings (SSSR count). The lowest BCUT2D eigenvalue weighted by molar-refractivity contribution is 0.0951. The summed E-state index contributed by atoms with van der Waals surface area (Å²) in [5, 5.41) is 8.29. The fourth-order valence-electron chi connectivity index (χ4n) is 5.72. The Hall–Kier alpha value is -5.44. The number of halogens is 1. The number of amides is 1. The molecule has 0 aliphatic carbocycles. The molecule has 4 heterocycles. The van der Waals surface area contributed by atoms with Gasteiger partial charge in [-0.15, -0.1) is 0 Å². The Morgan fingerprint density at radius 1 is 1.00 bits per heavy atom. The average Bonchev–Trinajstić information content (AvgIpc) is 3.57. The van der Waals surface area contributed by atoms with Crippen LogP contribution in [-0.2, 0) is 26.7 Å². The molecule has 0 unspecified atom stereocenters. The van der Waals surface area contributed by atoms with E-state index in [1.54, 1.807) is 30.6 Å². The van der Waals surface area contributed by atoms with Crippen molar-refractivity contribution < 1.29 is 9.18 Å². The molecule has 8 nitrogen and oxygen atoms in total. The van der Waals surface area contributed by atoms with E-state index in [4.69, 9.17) is 0 Å². The standard InChI is InChI=1S/C33H27FN6O2/c1-38-20-28-27-13-23(32(41)35-14-22-15-37-39(18-22)17-21-5-3-2-4-6-21)7-12-29(27)40(26-10-8-25(34)9-11-26)19-24-16-36-33(42)31(38)30(24)28/h2-13,15-16,18,20H,14,17,19H2,1H3,(H,35,41)(H,36,42). The normalized spacial score (nSPS) is 12.3. The van der Waals surface area contributed by atoms with E-state index in [0.717, 1.165) is 44.6 Å². The number of aromatic amines is 1. The Morgan fingerprint density at radius 2 is 1.81 bits per heavy atom. The third kappa shape index (κ3) is 4.54.